The molecule has 0 heterocycles. The lowest BCUT2D eigenvalue weighted by atomic mass is 10.1. The maximum absolute atomic E-state index is 13.0. The number of hydrogen-bond donors (Lipinski definition) is 13. The molecule has 52 heavy (non-hydrogen) atoms. The Hall–Kier alpha value is -5.08. The minimum atomic E-state index is -5.06. The fourth-order valence-electron chi connectivity index (χ4n) is 3.54. The number of carbonyl (C=O) groups excluding carboxylic acids is 5. The van der Waals surface area contributed by atoms with Crippen molar-refractivity contribution < 1.29 is 102 Å². The van der Waals surface area contributed by atoms with Gasteiger partial charge in [-0.3, -0.25) is 37.6 Å². The summed E-state index contributed by atoms with van der Waals surface area (Å²) in [6.45, 7) is 0. The summed E-state index contributed by atoms with van der Waals surface area (Å²) in [4.78, 5) is 108. The highest BCUT2D eigenvalue weighted by Gasteiger charge is 2.35. The Kier molecular flexibility index (Phi) is 17.6. The summed E-state index contributed by atoms with van der Waals surface area (Å²) in [5, 5.41) is 44.8. The molecule has 0 bridgehead atoms. The van der Waals surface area contributed by atoms with Gasteiger partial charge >= 0.3 is 23.9 Å². The minimum Gasteiger partial charge on any atom is -0.480 e. The summed E-state index contributed by atoms with van der Waals surface area (Å²) in [6, 6.07) is -13.8. The van der Waals surface area contributed by atoms with Gasteiger partial charge in [0, 0.05) is 0 Å². The second-order valence-corrected chi connectivity index (χ2v) is 14.8. The first kappa shape index (κ1) is 46.9. The van der Waals surface area contributed by atoms with Gasteiger partial charge in [0.25, 0.3) is 30.4 Å². The third-order valence-electron chi connectivity index (χ3n) is 5.80. The topological polar surface area (TPSA) is 484 Å². The van der Waals surface area contributed by atoms with E-state index < -0.39 is 157 Å². The minimum absolute atomic E-state index is 1.19. The van der Waals surface area contributed by atoms with Gasteiger partial charge in [-0.2, -0.15) is 25.3 Å². The van der Waals surface area contributed by atoms with Crippen molar-refractivity contribution in [1.82, 2.24) is 26.6 Å². The molecule has 5 unspecified atom stereocenters. The standard InChI is InChI=1S/C21H32N6O22S3/c22-7(1-13(28)23-10(19(35)36)4-50(41,42)43)16(31)26-8(2-14(29)24-11(20(37)38)5-51(44,45)46)17(32)27-9(18(33)34)3-15(30)25-12(21(39)40)6-52(47,48)49/h7-12H,1-6,22H2,(H,23,28)(H,24,29)(H,25,30)(H,26,31)(H,27,32)(H,33,34)(H,35,36)(H,37,38)(H,39,40)(H,41,42,43)(H,44,45,46)(H,47,48,49)/t7-,8?,9?,10?,11?,12?/m1/s1. The lowest BCUT2D eigenvalue weighted by molar-refractivity contribution is -0.145. The summed E-state index contributed by atoms with van der Waals surface area (Å²) in [7, 11) is -15.0. The van der Waals surface area contributed by atoms with E-state index in [1.165, 1.54) is 0 Å². The van der Waals surface area contributed by atoms with E-state index in [9.17, 15) is 73.5 Å². The molecule has 0 saturated carbocycles. The van der Waals surface area contributed by atoms with Crippen LogP contribution in [0.5, 0.6) is 0 Å². The van der Waals surface area contributed by atoms with Crippen molar-refractivity contribution in [2.75, 3.05) is 17.3 Å². The highest BCUT2D eigenvalue weighted by molar-refractivity contribution is 7.86. The second-order valence-electron chi connectivity index (χ2n) is 10.3. The number of nitrogens with two attached hydrogens (primary N) is 1. The molecule has 0 aromatic rings. The molecule has 0 aromatic carbocycles. The lowest BCUT2D eigenvalue weighted by Crippen LogP contribution is -2.57. The molecule has 296 valence electrons. The zero-order valence-corrected chi connectivity index (χ0v) is 28.2. The number of nitrogens with one attached hydrogen (secondary N) is 5. The van der Waals surface area contributed by atoms with Crippen LogP contribution in [0.3, 0.4) is 0 Å². The summed E-state index contributed by atoms with van der Waals surface area (Å²) in [6.07, 6.45) is -3.98. The molecule has 0 aromatic heterocycles. The van der Waals surface area contributed by atoms with Gasteiger partial charge in [0.1, 0.15) is 47.5 Å². The number of aliphatic carboxylic acids is 4. The van der Waals surface area contributed by atoms with Gasteiger partial charge in [-0.15, -0.1) is 0 Å². The molecule has 0 spiro atoms. The Bertz CT molecular complexity index is 1760. The summed E-state index contributed by atoms with van der Waals surface area (Å²) < 4.78 is 92.9. The summed E-state index contributed by atoms with van der Waals surface area (Å²) >= 11 is 0. The van der Waals surface area contributed by atoms with Crippen LogP contribution in [0.4, 0.5) is 0 Å². The van der Waals surface area contributed by atoms with Gasteiger partial charge in [0.15, 0.2) is 0 Å². The van der Waals surface area contributed by atoms with Gasteiger partial charge < -0.3 is 52.7 Å². The SMILES string of the molecule is N[C@H](CC(=O)NC(CS(=O)(=O)O)C(=O)O)C(=O)NC(CC(=O)NC(CS(=O)(=O)O)C(=O)O)C(=O)NC(CC(=O)NC(CS(=O)(=O)O)C(=O)O)C(=O)O. The fourth-order valence-corrected chi connectivity index (χ4v) is 5.48. The van der Waals surface area contributed by atoms with Gasteiger partial charge in [-0.1, -0.05) is 0 Å². The molecule has 0 aliphatic carbocycles. The number of rotatable bonds is 23. The first-order chi connectivity index (χ1) is 23.4. The van der Waals surface area contributed by atoms with Crippen LogP contribution in [0.2, 0.25) is 0 Å². The molecule has 0 aliphatic heterocycles. The van der Waals surface area contributed by atoms with E-state index in [0.717, 1.165) is 0 Å². The van der Waals surface area contributed by atoms with Crippen molar-refractivity contribution >= 4 is 83.8 Å². The zero-order valence-electron chi connectivity index (χ0n) is 25.8. The van der Waals surface area contributed by atoms with Crippen LogP contribution in [0, 0.1) is 0 Å². The fraction of sp³-hybridized carbons (Fsp3) is 0.571. The van der Waals surface area contributed by atoms with Gasteiger partial charge in [0.2, 0.25) is 29.5 Å². The van der Waals surface area contributed by atoms with Crippen molar-refractivity contribution in [2.45, 2.75) is 55.5 Å². The van der Waals surface area contributed by atoms with Crippen LogP contribution in [-0.2, 0) is 73.5 Å². The predicted molar refractivity (Wildman–Crippen MR) is 161 cm³/mol. The monoisotopic (exact) mass is 816 g/mol. The number of hydrogen-bond acceptors (Lipinski definition) is 16. The number of carbonyl (C=O) groups is 9. The van der Waals surface area contributed by atoms with Crippen LogP contribution >= 0.6 is 0 Å². The van der Waals surface area contributed by atoms with E-state index in [0.29, 0.717) is 0 Å². The number of amides is 5. The maximum Gasteiger partial charge on any atom is 0.327 e. The van der Waals surface area contributed by atoms with Crippen LogP contribution < -0.4 is 32.3 Å². The third-order valence-corrected chi connectivity index (χ3v) is 8.06. The molecule has 14 N–H and O–H groups in total. The average molecular weight is 817 g/mol. The summed E-state index contributed by atoms with van der Waals surface area (Å²) in [5.41, 5.74) is 5.55. The Morgan fingerprint density at radius 1 is 0.423 bits per heavy atom. The van der Waals surface area contributed by atoms with Gasteiger partial charge in [-0.25, -0.2) is 19.2 Å². The average Bonchev–Trinajstić information content (AvgIpc) is 2.92. The van der Waals surface area contributed by atoms with Crippen LogP contribution in [0.25, 0.3) is 0 Å². The van der Waals surface area contributed by atoms with Crippen molar-refractivity contribution in [3.63, 3.8) is 0 Å². The van der Waals surface area contributed by atoms with E-state index in [1.807, 2.05) is 0 Å². The largest absolute Gasteiger partial charge is 0.480 e. The Labute approximate surface area is 291 Å². The molecule has 0 radical (unpaired) electrons. The van der Waals surface area contributed by atoms with Gasteiger partial charge in [-0.05, 0) is 0 Å². The second kappa shape index (κ2) is 19.5. The Morgan fingerprint density at radius 2 is 0.692 bits per heavy atom. The third kappa shape index (κ3) is 19.9. The molecule has 6 atom stereocenters. The summed E-state index contributed by atoms with van der Waals surface area (Å²) in [5.74, 6) is -20.6. The van der Waals surface area contributed by atoms with Crippen molar-refractivity contribution in [1.29, 1.82) is 0 Å². The zero-order chi connectivity index (χ0) is 40.9. The highest BCUT2D eigenvalue weighted by Crippen LogP contribution is 2.04. The van der Waals surface area contributed by atoms with Gasteiger partial charge in [0.05, 0.1) is 25.3 Å². The molecule has 31 heteroatoms. The molecule has 28 nitrogen and oxygen atoms in total. The van der Waals surface area contributed by atoms with Crippen molar-refractivity contribution in [3.8, 4) is 0 Å². The Morgan fingerprint density at radius 3 is 0.981 bits per heavy atom. The smallest absolute Gasteiger partial charge is 0.327 e. The number of carboxylic acid groups (broad SMARTS) is 4. The molecule has 0 aliphatic rings. The predicted octanol–water partition coefficient (Wildman–Crippen LogP) is -8.09. The molecule has 0 fully saturated rings. The number of carboxylic acids is 4. The molecular formula is C21H32N6O22S3. The van der Waals surface area contributed by atoms with E-state index in [-0.39, 0.29) is 0 Å². The highest BCUT2D eigenvalue weighted by atomic mass is 32.2. The van der Waals surface area contributed by atoms with Crippen LogP contribution in [0.15, 0.2) is 0 Å². The maximum atomic E-state index is 13.0. The molecular weight excluding hydrogens is 784 g/mol. The van der Waals surface area contributed by atoms with Crippen molar-refractivity contribution in [3.05, 3.63) is 0 Å². The van der Waals surface area contributed by atoms with E-state index in [1.54, 1.807) is 26.6 Å². The van der Waals surface area contributed by atoms with E-state index in [4.69, 9.17) is 34.7 Å². The van der Waals surface area contributed by atoms with Crippen LogP contribution in [-0.4, -0.2) is 166 Å². The van der Waals surface area contributed by atoms with Crippen LogP contribution in [0.1, 0.15) is 19.3 Å². The quantitative estimate of drug-likeness (QED) is 0.0426. The molecule has 0 saturated heterocycles. The molecule has 0 rings (SSSR count). The van der Waals surface area contributed by atoms with Crippen molar-refractivity contribution in [2.24, 2.45) is 5.73 Å². The lowest BCUT2D eigenvalue weighted by Gasteiger charge is -2.23. The van der Waals surface area contributed by atoms with E-state index in [2.05, 4.69) is 0 Å². The Balaban J connectivity index is 6.23. The first-order valence-electron chi connectivity index (χ1n) is 13.4. The molecule has 5 amide bonds. The first-order valence-corrected chi connectivity index (χ1v) is 18.2. The van der Waals surface area contributed by atoms with E-state index >= 15 is 0 Å². The normalized spacial score (nSPS) is 15.2.